The van der Waals surface area contributed by atoms with Crippen LogP contribution in [0.1, 0.15) is 33.3 Å². The molecule has 1 aromatic carbocycles. The highest BCUT2D eigenvalue weighted by molar-refractivity contribution is 5.81. The van der Waals surface area contributed by atoms with Crippen LogP contribution >= 0.6 is 0 Å². The van der Waals surface area contributed by atoms with Crippen LogP contribution in [0.5, 0.6) is 5.75 Å². The van der Waals surface area contributed by atoms with Crippen molar-refractivity contribution in [1.29, 1.82) is 0 Å². The lowest BCUT2D eigenvalue weighted by Gasteiger charge is -2.38. The average Bonchev–Trinajstić information content (AvgIpc) is 2.54. The first kappa shape index (κ1) is 18.7. The van der Waals surface area contributed by atoms with Gasteiger partial charge in [-0.3, -0.25) is 9.69 Å². The molecule has 0 radical (unpaired) electrons. The third-order valence-electron chi connectivity index (χ3n) is 4.29. The number of hydrogen-bond donors (Lipinski definition) is 1. The van der Waals surface area contributed by atoms with Gasteiger partial charge in [0.05, 0.1) is 5.60 Å². The molecule has 2 rings (SSSR count). The zero-order valence-electron chi connectivity index (χ0n) is 15.3. The molecule has 1 unspecified atom stereocenters. The molecule has 0 bridgehead atoms. The lowest BCUT2D eigenvalue weighted by atomic mass is 10.1. The minimum Gasteiger partial charge on any atom is -0.481 e. The molecular formula is C19H30N2O3. The number of ether oxygens (including phenoxy) is 1. The van der Waals surface area contributed by atoms with Gasteiger partial charge < -0.3 is 14.7 Å². The summed E-state index contributed by atoms with van der Waals surface area (Å²) in [5.74, 6) is 0.756. The third kappa shape index (κ3) is 5.49. The molecule has 5 nitrogen and oxygen atoms in total. The summed E-state index contributed by atoms with van der Waals surface area (Å²) in [6.45, 7) is 11.1. The van der Waals surface area contributed by atoms with Crippen molar-refractivity contribution in [1.82, 2.24) is 9.80 Å². The van der Waals surface area contributed by atoms with Crippen LogP contribution in [-0.2, 0) is 11.2 Å². The molecule has 1 aromatic rings. The first-order valence-corrected chi connectivity index (χ1v) is 8.77. The Morgan fingerprint density at radius 3 is 2.29 bits per heavy atom. The van der Waals surface area contributed by atoms with Crippen molar-refractivity contribution >= 4 is 5.91 Å². The second-order valence-corrected chi connectivity index (χ2v) is 7.17. The van der Waals surface area contributed by atoms with Crippen molar-refractivity contribution in [2.24, 2.45) is 0 Å². The normalized spacial score (nSPS) is 17.6. The Hall–Kier alpha value is -1.59. The van der Waals surface area contributed by atoms with Crippen LogP contribution in [0.25, 0.3) is 0 Å². The molecule has 0 aromatic heterocycles. The number of piperazine rings is 1. The van der Waals surface area contributed by atoms with Crippen molar-refractivity contribution in [3.05, 3.63) is 29.8 Å². The number of benzene rings is 1. The molecule has 5 heteroatoms. The van der Waals surface area contributed by atoms with Gasteiger partial charge in [-0.05, 0) is 44.9 Å². The summed E-state index contributed by atoms with van der Waals surface area (Å²) in [4.78, 5) is 16.6. The van der Waals surface area contributed by atoms with E-state index in [-0.39, 0.29) is 5.91 Å². The maximum absolute atomic E-state index is 12.6. The number of rotatable bonds is 6. The number of nitrogens with zero attached hydrogens (tertiary/aromatic N) is 2. The highest BCUT2D eigenvalue weighted by atomic mass is 16.5. The molecule has 0 spiro atoms. The standard InChI is InChI=1S/C19H30N2O3/c1-5-16-6-8-17(9-7-16)24-15(2)18(22)21-12-10-20(11-13-21)14-19(3,4)23/h6-9,15,23H,5,10-14H2,1-4H3. The molecule has 1 heterocycles. The maximum atomic E-state index is 12.6. The smallest absolute Gasteiger partial charge is 0.263 e. The Labute approximate surface area is 145 Å². The van der Waals surface area contributed by atoms with Crippen LogP contribution in [-0.4, -0.2) is 65.2 Å². The summed E-state index contributed by atoms with van der Waals surface area (Å²) in [5.41, 5.74) is 0.553. The van der Waals surface area contributed by atoms with E-state index >= 15 is 0 Å². The lowest BCUT2D eigenvalue weighted by Crippen LogP contribution is -2.54. The highest BCUT2D eigenvalue weighted by Gasteiger charge is 2.28. The van der Waals surface area contributed by atoms with Crippen molar-refractivity contribution < 1.29 is 14.6 Å². The van der Waals surface area contributed by atoms with E-state index in [0.29, 0.717) is 19.6 Å². The second-order valence-electron chi connectivity index (χ2n) is 7.17. The third-order valence-corrected chi connectivity index (χ3v) is 4.29. The molecule has 1 amide bonds. The minimum atomic E-state index is -0.701. The van der Waals surface area contributed by atoms with Gasteiger partial charge in [0.1, 0.15) is 5.75 Å². The van der Waals surface area contributed by atoms with E-state index in [1.807, 2.05) is 43.0 Å². The largest absolute Gasteiger partial charge is 0.481 e. The number of amides is 1. The van der Waals surface area contributed by atoms with Gasteiger partial charge in [-0.15, -0.1) is 0 Å². The van der Waals surface area contributed by atoms with Gasteiger partial charge in [0.15, 0.2) is 6.10 Å². The van der Waals surface area contributed by atoms with Crippen LogP contribution in [0.3, 0.4) is 0 Å². The van der Waals surface area contributed by atoms with Gasteiger partial charge in [-0.2, -0.15) is 0 Å². The summed E-state index contributed by atoms with van der Waals surface area (Å²) in [6.07, 6.45) is 0.502. The SMILES string of the molecule is CCc1ccc(OC(C)C(=O)N2CCN(CC(C)(C)O)CC2)cc1. The summed E-state index contributed by atoms with van der Waals surface area (Å²) in [6, 6.07) is 7.90. The molecule has 1 fully saturated rings. The van der Waals surface area contributed by atoms with Crippen molar-refractivity contribution in [2.75, 3.05) is 32.7 Å². The molecule has 1 saturated heterocycles. The molecule has 24 heavy (non-hydrogen) atoms. The van der Waals surface area contributed by atoms with Crippen LogP contribution in [0, 0.1) is 0 Å². The Kier molecular flexibility index (Phi) is 6.24. The van der Waals surface area contributed by atoms with Crippen LogP contribution in [0.4, 0.5) is 0 Å². The average molecular weight is 334 g/mol. The summed E-state index contributed by atoms with van der Waals surface area (Å²) >= 11 is 0. The first-order chi connectivity index (χ1) is 11.3. The van der Waals surface area contributed by atoms with Crippen LogP contribution in [0.15, 0.2) is 24.3 Å². The van der Waals surface area contributed by atoms with Gasteiger partial charge in [0.25, 0.3) is 5.91 Å². The Morgan fingerprint density at radius 2 is 1.79 bits per heavy atom. The predicted molar refractivity (Wildman–Crippen MR) is 95.2 cm³/mol. The van der Waals surface area contributed by atoms with E-state index in [4.69, 9.17) is 4.74 Å². The quantitative estimate of drug-likeness (QED) is 0.864. The predicted octanol–water partition coefficient (Wildman–Crippen LogP) is 1.93. The van der Waals surface area contributed by atoms with Gasteiger partial charge in [0.2, 0.25) is 0 Å². The van der Waals surface area contributed by atoms with Crippen LogP contribution < -0.4 is 4.74 Å². The molecular weight excluding hydrogens is 304 g/mol. The van der Waals surface area contributed by atoms with E-state index < -0.39 is 11.7 Å². The van der Waals surface area contributed by atoms with E-state index in [1.165, 1.54) is 5.56 Å². The molecule has 1 aliphatic rings. The zero-order chi connectivity index (χ0) is 17.7. The Balaban J connectivity index is 1.83. The molecule has 134 valence electrons. The summed E-state index contributed by atoms with van der Waals surface area (Å²) in [5, 5.41) is 9.89. The highest BCUT2D eigenvalue weighted by Crippen LogP contribution is 2.16. The number of aryl methyl sites for hydroxylation is 1. The van der Waals surface area contributed by atoms with Crippen LogP contribution in [0.2, 0.25) is 0 Å². The van der Waals surface area contributed by atoms with Gasteiger partial charge in [0, 0.05) is 32.7 Å². The summed E-state index contributed by atoms with van der Waals surface area (Å²) < 4.78 is 5.79. The monoisotopic (exact) mass is 334 g/mol. The van der Waals surface area contributed by atoms with Crippen molar-refractivity contribution in [3.63, 3.8) is 0 Å². The minimum absolute atomic E-state index is 0.0254. The second kappa shape index (κ2) is 7.99. The number of hydrogen-bond acceptors (Lipinski definition) is 4. The van der Waals surface area contributed by atoms with Gasteiger partial charge >= 0.3 is 0 Å². The Morgan fingerprint density at radius 1 is 1.21 bits per heavy atom. The maximum Gasteiger partial charge on any atom is 0.263 e. The van der Waals surface area contributed by atoms with Gasteiger partial charge in [-0.1, -0.05) is 19.1 Å². The molecule has 1 aliphatic heterocycles. The topological polar surface area (TPSA) is 53.0 Å². The number of aliphatic hydroxyl groups is 1. The fourth-order valence-corrected chi connectivity index (χ4v) is 2.99. The fraction of sp³-hybridized carbons (Fsp3) is 0.632. The molecule has 1 N–H and O–H groups in total. The Bertz CT molecular complexity index is 529. The van der Waals surface area contributed by atoms with E-state index in [9.17, 15) is 9.90 Å². The number of carbonyl (C=O) groups is 1. The first-order valence-electron chi connectivity index (χ1n) is 8.77. The molecule has 0 saturated carbocycles. The van der Waals surface area contributed by atoms with Crippen molar-refractivity contribution in [2.45, 2.75) is 45.8 Å². The zero-order valence-corrected chi connectivity index (χ0v) is 15.3. The summed E-state index contributed by atoms with van der Waals surface area (Å²) in [7, 11) is 0. The number of carbonyl (C=O) groups excluding carboxylic acids is 1. The molecule has 0 aliphatic carbocycles. The van der Waals surface area contributed by atoms with E-state index in [1.54, 1.807) is 6.92 Å². The van der Waals surface area contributed by atoms with E-state index in [2.05, 4.69) is 11.8 Å². The van der Waals surface area contributed by atoms with E-state index in [0.717, 1.165) is 25.3 Å². The van der Waals surface area contributed by atoms with Gasteiger partial charge in [-0.25, -0.2) is 0 Å². The fourth-order valence-electron chi connectivity index (χ4n) is 2.99. The lowest BCUT2D eigenvalue weighted by molar-refractivity contribution is -0.140. The number of β-amino-alcohol motifs (C(OH)–C–C–N with tert-alkyl or cyclic N) is 1. The molecule has 1 atom stereocenters. The van der Waals surface area contributed by atoms with Crippen molar-refractivity contribution in [3.8, 4) is 5.75 Å².